The van der Waals surface area contributed by atoms with E-state index in [4.69, 9.17) is 0 Å². The maximum atomic E-state index is 13.0. The summed E-state index contributed by atoms with van der Waals surface area (Å²) in [6.45, 7) is 2.33. The van der Waals surface area contributed by atoms with Gasteiger partial charge in [-0.05, 0) is 19.1 Å². The van der Waals surface area contributed by atoms with Crippen molar-refractivity contribution in [2.75, 3.05) is 23.7 Å². The number of aryl methyl sites for hydroxylation is 1. The number of amides is 2. The number of benzene rings is 1. The SMILES string of the molecule is Cc1nccn1-c1cc(NCCNC(=O)Nc2ccccc2C(F)(F)F)ncn1. The summed E-state index contributed by atoms with van der Waals surface area (Å²) in [7, 11) is 0. The zero-order chi connectivity index (χ0) is 20.9. The van der Waals surface area contributed by atoms with Crippen LogP contribution < -0.4 is 16.0 Å². The van der Waals surface area contributed by atoms with Crippen LogP contribution in [0.1, 0.15) is 11.4 Å². The maximum absolute atomic E-state index is 13.0. The van der Waals surface area contributed by atoms with Crippen molar-refractivity contribution >= 4 is 17.5 Å². The number of nitrogens with one attached hydrogen (secondary N) is 3. The number of anilines is 2. The second kappa shape index (κ2) is 8.59. The Bertz CT molecular complexity index is 987. The Balaban J connectivity index is 1.50. The molecule has 0 radical (unpaired) electrons. The van der Waals surface area contributed by atoms with Gasteiger partial charge < -0.3 is 16.0 Å². The van der Waals surface area contributed by atoms with E-state index in [2.05, 4.69) is 30.9 Å². The number of hydrogen-bond acceptors (Lipinski definition) is 5. The highest BCUT2D eigenvalue weighted by molar-refractivity contribution is 5.90. The Morgan fingerprint density at radius 3 is 2.66 bits per heavy atom. The number of imidazole rings is 1. The first-order chi connectivity index (χ1) is 13.8. The highest BCUT2D eigenvalue weighted by Crippen LogP contribution is 2.34. The Morgan fingerprint density at radius 1 is 1.14 bits per heavy atom. The summed E-state index contributed by atoms with van der Waals surface area (Å²) < 4.78 is 40.6. The monoisotopic (exact) mass is 405 g/mol. The van der Waals surface area contributed by atoms with Gasteiger partial charge in [-0.2, -0.15) is 13.2 Å². The van der Waals surface area contributed by atoms with Crippen LogP contribution in [0.15, 0.2) is 49.1 Å². The largest absolute Gasteiger partial charge is 0.418 e. The van der Waals surface area contributed by atoms with Crippen molar-refractivity contribution in [3.05, 3.63) is 60.4 Å². The van der Waals surface area contributed by atoms with Crippen molar-refractivity contribution in [2.45, 2.75) is 13.1 Å². The number of aromatic nitrogens is 4. The molecule has 3 rings (SSSR count). The predicted octanol–water partition coefficient (Wildman–Crippen LogP) is 3.22. The number of hydrogen-bond donors (Lipinski definition) is 3. The first-order valence-corrected chi connectivity index (χ1v) is 8.62. The number of rotatable bonds is 6. The topological polar surface area (TPSA) is 96.8 Å². The summed E-state index contributed by atoms with van der Waals surface area (Å²) >= 11 is 0. The molecule has 0 fully saturated rings. The molecule has 0 spiro atoms. The van der Waals surface area contributed by atoms with Gasteiger partial charge in [0.25, 0.3) is 0 Å². The summed E-state index contributed by atoms with van der Waals surface area (Å²) in [6, 6.07) is 5.76. The van der Waals surface area contributed by atoms with Crippen molar-refractivity contribution in [3.8, 4) is 5.82 Å². The van der Waals surface area contributed by atoms with E-state index in [-0.39, 0.29) is 12.2 Å². The third-order valence-electron chi connectivity index (χ3n) is 3.92. The average molecular weight is 405 g/mol. The molecule has 3 aromatic rings. The molecular weight excluding hydrogens is 387 g/mol. The van der Waals surface area contributed by atoms with Crippen molar-refractivity contribution in [1.82, 2.24) is 24.8 Å². The molecule has 0 aliphatic heterocycles. The molecule has 0 saturated carbocycles. The van der Waals surface area contributed by atoms with Crippen LogP contribution in [0, 0.1) is 6.92 Å². The zero-order valence-corrected chi connectivity index (χ0v) is 15.4. The number of nitrogens with zero attached hydrogens (tertiary/aromatic N) is 4. The summed E-state index contributed by atoms with van der Waals surface area (Å²) in [5, 5.41) is 7.72. The van der Waals surface area contributed by atoms with E-state index in [0.717, 1.165) is 11.9 Å². The number of carbonyl (C=O) groups excluding carboxylic acids is 1. The molecule has 1 aromatic carbocycles. The normalized spacial score (nSPS) is 11.2. The molecule has 29 heavy (non-hydrogen) atoms. The Kier molecular flexibility index (Phi) is 5.96. The van der Waals surface area contributed by atoms with Crippen molar-refractivity contribution in [1.29, 1.82) is 0 Å². The van der Waals surface area contributed by atoms with Gasteiger partial charge in [-0.1, -0.05) is 12.1 Å². The van der Waals surface area contributed by atoms with Gasteiger partial charge in [-0.3, -0.25) is 4.57 Å². The van der Waals surface area contributed by atoms with Crippen molar-refractivity contribution in [3.63, 3.8) is 0 Å². The average Bonchev–Trinajstić information content (AvgIpc) is 3.11. The van der Waals surface area contributed by atoms with E-state index < -0.39 is 17.8 Å². The van der Waals surface area contributed by atoms with E-state index in [1.807, 2.05) is 6.92 Å². The second-order valence-corrected chi connectivity index (χ2v) is 5.96. The highest BCUT2D eigenvalue weighted by Gasteiger charge is 2.33. The van der Waals surface area contributed by atoms with Gasteiger partial charge in [-0.15, -0.1) is 0 Å². The maximum Gasteiger partial charge on any atom is 0.418 e. The molecule has 0 unspecified atom stereocenters. The molecule has 2 amide bonds. The lowest BCUT2D eigenvalue weighted by atomic mass is 10.1. The van der Waals surface area contributed by atoms with Crippen LogP contribution in [0.5, 0.6) is 0 Å². The minimum atomic E-state index is -4.55. The Hall–Kier alpha value is -3.63. The molecule has 0 aliphatic carbocycles. The van der Waals surface area contributed by atoms with Crippen LogP contribution in [0.4, 0.5) is 29.5 Å². The molecule has 0 atom stereocenters. The van der Waals surface area contributed by atoms with Gasteiger partial charge in [0.2, 0.25) is 0 Å². The standard InChI is InChI=1S/C18H18F3N7O/c1-12-22-8-9-28(12)16-10-15(25-11-26-16)23-6-7-24-17(29)27-14-5-3-2-4-13(14)18(19,20)21/h2-5,8-11H,6-7H2,1H3,(H,23,25,26)(H2,24,27,29). The van der Waals surface area contributed by atoms with E-state index >= 15 is 0 Å². The second-order valence-electron chi connectivity index (χ2n) is 5.96. The molecule has 2 aromatic heterocycles. The van der Waals surface area contributed by atoms with E-state index in [9.17, 15) is 18.0 Å². The van der Waals surface area contributed by atoms with Crippen LogP contribution >= 0.6 is 0 Å². The number of alkyl halides is 3. The van der Waals surface area contributed by atoms with Gasteiger partial charge in [0.05, 0.1) is 11.3 Å². The van der Waals surface area contributed by atoms with Gasteiger partial charge in [-0.25, -0.2) is 19.7 Å². The Morgan fingerprint density at radius 2 is 1.93 bits per heavy atom. The lowest BCUT2D eigenvalue weighted by Gasteiger charge is -2.14. The van der Waals surface area contributed by atoms with Gasteiger partial charge in [0, 0.05) is 31.5 Å². The Labute approximate surface area is 164 Å². The van der Waals surface area contributed by atoms with Gasteiger partial charge >= 0.3 is 12.2 Å². The summed E-state index contributed by atoms with van der Waals surface area (Å²) in [5.74, 6) is 1.94. The van der Waals surface area contributed by atoms with Crippen LogP contribution in [0.25, 0.3) is 5.82 Å². The molecule has 3 N–H and O–H groups in total. The molecule has 0 bridgehead atoms. The molecule has 0 saturated heterocycles. The van der Waals surface area contributed by atoms with Crippen LogP contribution in [0.2, 0.25) is 0 Å². The molecular formula is C18H18F3N7O. The van der Waals surface area contributed by atoms with Crippen LogP contribution in [-0.2, 0) is 6.18 Å². The first kappa shape index (κ1) is 20.1. The number of carbonyl (C=O) groups is 1. The molecule has 2 heterocycles. The van der Waals surface area contributed by atoms with Crippen LogP contribution in [0.3, 0.4) is 0 Å². The lowest BCUT2D eigenvalue weighted by molar-refractivity contribution is -0.136. The first-order valence-electron chi connectivity index (χ1n) is 8.62. The third kappa shape index (κ3) is 5.21. The van der Waals surface area contributed by atoms with Gasteiger partial charge in [0.1, 0.15) is 23.8 Å². The molecule has 8 nitrogen and oxygen atoms in total. The van der Waals surface area contributed by atoms with Crippen LogP contribution in [-0.4, -0.2) is 38.6 Å². The number of halogens is 3. The fourth-order valence-electron chi connectivity index (χ4n) is 2.57. The highest BCUT2D eigenvalue weighted by atomic mass is 19.4. The van der Waals surface area contributed by atoms with Crippen molar-refractivity contribution in [2.24, 2.45) is 0 Å². The van der Waals surface area contributed by atoms with Crippen molar-refractivity contribution < 1.29 is 18.0 Å². The summed E-state index contributed by atoms with van der Waals surface area (Å²) in [6.07, 6.45) is 0.269. The fourth-order valence-corrected chi connectivity index (χ4v) is 2.57. The third-order valence-corrected chi connectivity index (χ3v) is 3.92. The number of para-hydroxylation sites is 1. The molecule has 11 heteroatoms. The summed E-state index contributed by atoms with van der Waals surface area (Å²) in [5.41, 5.74) is -1.21. The minimum Gasteiger partial charge on any atom is -0.368 e. The minimum absolute atomic E-state index is 0.170. The summed E-state index contributed by atoms with van der Waals surface area (Å²) in [4.78, 5) is 24.3. The predicted molar refractivity (Wildman–Crippen MR) is 101 cm³/mol. The molecule has 152 valence electrons. The molecule has 0 aliphatic rings. The van der Waals surface area contributed by atoms with E-state index in [0.29, 0.717) is 18.2 Å². The number of urea groups is 1. The fraction of sp³-hybridized carbons (Fsp3) is 0.222. The van der Waals surface area contributed by atoms with E-state index in [1.165, 1.54) is 24.5 Å². The van der Waals surface area contributed by atoms with Gasteiger partial charge in [0.15, 0.2) is 0 Å². The smallest absolute Gasteiger partial charge is 0.368 e. The quantitative estimate of drug-likeness (QED) is 0.547. The van der Waals surface area contributed by atoms with E-state index in [1.54, 1.807) is 23.0 Å². The lowest BCUT2D eigenvalue weighted by Crippen LogP contribution is -2.33. The zero-order valence-electron chi connectivity index (χ0n) is 15.4.